The molecule has 2 N–H and O–H groups in total. The standard InChI is InChI=1S/C15H20BrN/c1-11-8-9-13(14(16)10-11)15(17)12-6-4-2-3-5-7-12/h6,8-10,15H,2-5,7,17H2,1H3. The first-order chi connectivity index (χ1) is 8.18. The number of nitrogens with two attached hydrogens (primary N) is 1. The highest BCUT2D eigenvalue weighted by Gasteiger charge is 2.15. The molecule has 1 aliphatic carbocycles. The normalized spacial score (nSPS) is 18.4. The van der Waals surface area contributed by atoms with E-state index >= 15 is 0 Å². The van der Waals surface area contributed by atoms with Crippen LogP contribution in [0.3, 0.4) is 0 Å². The monoisotopic (exact) mass is 293 g/mol. The molecule has 0 aromatic heterocycles. The van der Waals surface area contributed by atoms with Gasteiger partial charge in [0.2, 0.25) is 0 Å². The van der Waals surface area contributed by atoms with Crippen molar-refractivity contribution < 1.29 is 0 Å². The quantitative estimate of drug-likeness (QED) is 0.790. The zero-order valence-electron chi connectivity index (χ0n) is 10.4. The lowest BCUT2D eigenvalue weighted by molar-refractivity contribution is 0.687. The Morgan fingerprint density at radius 2 is 2.06 bits per heavy atom. The zero-order chi connectivity index (χ0) is 12.3. The van der Waals surface area contributed by atoms with Crippen LogP contribution in [0.1, 0.15) is 49.3 Å². The molecule has 0 saturated carbocycles. The average Bonchev–Trinajstić information content (AvgIpc) is 2.56. The molecule has 17 heavy (non-hydrogen) atoms. The van der Waals surface area contributed by atoms with Crippen LogP contribution in [0.25, 0.3) is 0 Å². The Morgan fingerprint density at radius 3 is 2.82 bits per heavy atom. The average molecular weight is 294 g/mol. The van der Waals surface area contributed by atoms with E-state index in [4.69, 9.17) is 5.73 Å². The van der Waals surface area contributed by atoms with Gasteiger partial charge in [-0.05, 0) is 49.8 Å². The van der Waals surface area contributed by atoms with Crippen LogP contribution in [0, 0.1) is 6.92 Å². The Kier molecular flexibility index (Phi) is 4.41. The van der Waals surface area contributed by atoms with Crippen LogP contribution in [0.2, 0.25) is 0 Å². The molecule has 0 bridgehead atoms. The molecule has 92 valence electrons. The van der Waals surface area contributed by atoms with Gasteiger partial charge in [-0.15, -0.1) is 0 Å². The molecule has 0 amide bonds. The van der Waals surface area contributed by atoms with E-state index < -0.39 is 0 Å². The first kappa shape index (κ1) is 12.8. The molecule has 1 atom stereocenters. The van der Waals surface area contributed by atoms with Crippen molar-refractivity contribution in [3.63, 3.8) is 0 Å². The number of halogens is 1. The summed E-state index contributed by atoms with van der Waals surface area (Å²) in [6, 6.07) is 6.49. The Bertz CT molecular complexity index is 423. The SMILES string of the molecule is Cc1ccc(C(N)C2=CCCCCC2)c(Br)c1. The minimum atomic E-state index is 0.0584. The first-order valence-corrected chi connectivity index (χ1v) is 7.18. The Balaban J connectivity index is 2.23. The maximum absolute atomic E-state index is 6.39. The van der Waals surface area contributed by atoms with Crippen molar-refractivity contribution in [3.8, 4) is 0 Å². The fraction of sp³-hybridized carbons (Fsp3) is 0.467. The highest BCUT2D eigenvalue weighted by atomic mass is 79.9. The number of benzene rings is 1. The van der Waals surface area contributed by atoms with E-state index in [0.29, 0.717) is 0 Å². The van der Waals surface area contributed by atoms with Crippen LogP contribution in [0.5, 0.6) is 0 Å². The topological polar surface area (TPSA) is 26.0 Å². The molecule has 1 aromatic carbocycles. The van der Waals surface area contributed by atoms with E-state index in [0.717, 1.165) is 10.9 Å². The highest BCUT2D eigenvalue weighted by Crippen LogP contribution is 2.31. The minimum Gasteiger partial charge on any atom is -0.321 e. The van der Waals surface area contributed by atoms with Crippen molar-refractivity contribution in [1.29, 1.82) is 0 Å². The third-order valence-corrected chi connectivity index (χ3v) is 4.15. The van der Waals surface area contributed by atoms with Crippen LogP contribution in [-0.2, 0) is 0 Å². The molecule has 1 aliphatic rings. The van der Waals surface area contributed by atoms with E-state index in [2.05, 4.69) is 47.1 Å². The van der Waals surface area contributed by atoms with Gasteiger partial charge in [0.15, 0.2) is 0 Å². The van der Waals surface area contributed by atoms with Gasteiger partial charge in [-0.25, -0.2) is 0 Å². The second-order valence-corrected chi connectivity index (χ2v) is 5.74. The number of allylic oxidation sites excluding steroid dienone is 1. The second-order valence-electron chi connectivity index (χ2n) is 4.88. The Morgan fingerprint density at radius 1 is 1.24 bits per heavy atom. The summed E-state index contributed by atoms with van der Waals surface area (Å²) < 4.78 is 1.13. The predicted octanol–water partition coefficient (Wildman–Crippen LogP) is 4.65. The molecule has 1 unspecified atom stereocenters. The summed E-state index contributed by atoms with van der Waals surface area (Å²) in [5.41, 5.74) is 10.3. The maximum Gasteiger partial charge on any atom is 0.0522 e. The largest absolute Gasteiger partial charge is 0.321 e. The summed E-state index contributed by atoms with van der Waals surface area (Å²) >= 11 is 3.63. The second kappa shape index (κ2) is 5.83. The molecule has 2 heteroatoms. The Labute approximate surface area is 112 Å². The highest BCUT2D eigenvalue weighted by molar-refractivity contribution is 9.10. The van der Waals surface area contributed by atoms with Crippen LogP contribution in [-0.4, -0.2) is 0 Å². The third kappa shape index (κ3) is 3.20. The number of hydrogen-bond donors (Lipinski definition) is 1. The van der Waals surface area contributed by atoms with Crippen molar-refractivity contribution >= 4 is 15.9 Å². The lowest BCUT2D eigenvalue weighted by atomic mass is 9.95. The van der Waals surface area contributed by atoms with Crippen molar-refractivity contribution in [1.82, 2.24) is 0 Å². The van der Waals surface area contributed by atoms with Gasteiger partial charge in [0.25, 0.3) is 0 Å². The zero-order valence-corrected chi connectivity index (χ0v) is 12.0. The molecule has 1 aromatic rings. The molecule has 1 nitrogen and oxygen atoms in total. The summed E-state index contributed by atoms with van der Waals surface area (Å²) in [6.07, 6.45) is 8.62. The van der Waals surface area contributed by atoms with E-state index in [9.17, 15) is 0 Å². The van der Waals surface area contributed by atoms with Crippen LogP contribution in [0.15, 0.2) is 34.3 Å². The Hall–Kier alpha value is -0.600. The summed E-state index contributed by atoms with van der Waals surface area (Å²) in [7, 11) is 0. The summed E-state index contributed by atoms with van der Waals surface area (Å²) in [5.74, 6) is 0. The molecule has 0 fully saturated rings. The molecule has 0 heterocycles. The predicted molar refractivity (Wildman–Crippen MR) is 77.0 cm³/mol. The molecular formula is C15H20BrN. The van der Waals surface area contributed by atoms with Crippen molar-refractivity contribution in [2.24, 2.45) is 5.73 Å². The van der Waals surface area contributed by atoms with Crippen molar-refractivity contribution in [2.75, 3.05) is 0 Å². The number of rotatable bonds is 2. The van der Waals surface area contributed by atoms with E-state index in [-0.39, 0.29) is 6.04 Å². The minimum absolute atomic E-state index is 0.0584. The van der Waals surface area contributed by atoms with Gasteiger partial charge < -0.3 is 5.73 Å². The first-order valence-electron chi connectivity index (χ1n) is 6.39. The van der Waals surface area contributed by atoms with Gasteiger partial charge in [-0.2, -0.15) is 0 Å². The summed E-state index contributed by atoms with van der Waals surface area (Å²) in [4.78, 5) is 0. The lowest BCUT2D eigenvalue weighted by Crippen LogP contribution is -2.14. The summed E-state index contributed by atoms with van der Waals surface area (Å²) in [5, 5.41) is 0. The molecule has 0 spiro atoms. The van der Waals surface area contributed by atoms with Crippen LogP contribution in [0.4, 0.5) is 0 Å². The van der Waals surface area contributed by atoms with E-state index in [1.807, 2.05) is 0 Å². The van der Waals surface area contributed by atoms with Gasteiger partial charge in [-0.1, -0.05) is 46.1 Å². The summed E-state index contributed by atoms with van der Waals surface area (Å²) in [6.45, 7) is 2.10. The fourth-order valence-electron chi connectivity index (χ4n) is 2.41. The molecule has 0 radical (unpaired) electrons. The molecular weight excluding hydrogens is 274 g/mol. The molecule has 2 rings (SSSR count). The molecule has 0 saturated heterocycles. The van der Waals surface area contributed by atoms with E-state index in [1.165, 1.54) is 42.4 Å². The van der Waals surface area contributed by atoms with E-state index in [1.54, 1.807) is 0 Å². The maximum atomic E-state index is 6.39. The fourth-order valence-corrected chi connectivity index (χ4v) is 3.15. The lowest BCUT2D eigenvalue weighted by Gasteiger charge is -2.17. The van der Waals surface area contributed by atoms with Gasteiger partial charge in [-0.3, -0.25) is 0 Å². The molecule has 0 aliphatic heterocycles. The number of hydrogen-bond acceptors (Lipinski definition) is 1. The van der Waals surface area contributed by atoms with Crippen molar-refractivity contribution in [3.05, 3.63) is 45.4 Å². The number of aryl methyl sites for hydroxylation is 1. The van der Waals surface area contributed by atoms with Crippen LogP contribution >= 0.6 is 15.9 Å². The van der Waals surface area contributed by atoms with Crippen molar-refractivity contribution in [2.45, 2.75) is 45.1 Å². The van der Waals surface area contributed by atoms with Gasteiger partial charge in [0.1, 0.15) is 0 Å². The van der Waals surface area contributed by atoms with Gasteiger partial charge >= 0.3 is 0 Å². The third-order valence-electron chi connectivity index (χ3n) is 3.47. The van der Waals surface area contributed by atoms with Gasteiger partial charge in [0.05, 0.1) is 6.04 Å². The van der Waals surface area contributed by atoms with Crippen LogP contribution < -0.4 is 5.73 Å². The van der Waals surface area contributed by atoms with Gasteiger partial charge in [0, 0.05) is 4.47 Å². The smallest absolute Gasteiger partial charge is 0.0522 e.